The van der Waals surface area contributed by atoms with E-state index in [1.54, 1.807) is 18.5 Å². The number of aliphatic hydroxyl groups is 3. The maximum absolute atomic E-state index is 14.2. The maximum atomic E-state index is 14.2. The first-order valence-corrected chi connectivity index (χ1v) is 27.0. The summed E-state index contributed by atoms with van der Waals surface area (Å²) in [5, 5.41) is 67.5. The average molecular weight is 1110 g/mol. The molecule has 2 aromatic carbocycles. The van der Waals surface area contributed by atoms with E-state index in [1.165, 1.54) is 49.0 Å². The van der Waals surface area contributed by atoms with Gasteiger partial charge in [-0.3, -0.25) is 48.1 Å². The van der Waals surface area contributed by atoms with Gasteiger partial charge in [0.25, 0.3) is 0 Å². The van der Waals surface area contributed by atoms with Crippen LogP contribution in [0.1, 0.15) is 134 Å². The molecule has 0 bridgehead atoms. The molecule has 2 aliphatic carbocycles. The summed E-state index contributed by atoms with van der Waals surface area (Å²) in [6.45, 7) is 5.51. The van der Waals surface area contributed by atoms with Crippen LogP contribution in [0.2, 0.25) is 0 Å². The summed E-state index contributed by atoms with van der Waals surface area (Å²) in [6.07, 6.45) is -1.25. The van der Waals surface area contributed by atoms with E-state index in [0.717, 1.165) is 5.56 Å². The molecule has 0 unspecified atom stereocenters. The molecule has 0 spiro atoms. The maximum Gasteiger partial charge on any atom is 0.243 e. The van der Waals surface area contributed by atoms with Crippen molar-refractivity contribution in [3.05, 3.63) is 81.7 Å². The van der Waals surface area contributed by atoms with Gasteiger partial charge in [-0.05, 0) is 76.0 Å². The zero-order valence-corrected chi connectivity index (χ0v) is 45.2. The number of hydrogen-bond donors (Lipinski definition) is 9. The Kier molecular flexibility index (Phi) is 18.0. The summed E-state index contributed by atoms with van der Waals surface area (Å²) in [5.74, 6) is -7.82. The monoisotopic (exact) mass is 1110 g/mol. The highest BCUT2D eigenvalue weighted by Gasteiger charge is 2.51. The fourth-order valence-corrected chi connectivity index (χ4v) is 11.5. The molecule has 3 saturated heterocycles. The standard InChI is InChI=1S/C56H69N7O17/c1-27(2)20-34(61-55(76)36-13-9-19-63(36)41(67)25-58-52(73)28(3)59-54(75)35-12-8-18-62(35)40(66)16-15-30-10-7-17-57-24-30)53(74)60-33-21-42(79-29(4)47(33)68)80-38-23-56(77,39(65)26-64)22-32-44(38)51(72)46-45(49(32)70)48(69)31-11-6-14-37(78-5)43(31)50(46)71/h6-7,10-11,14,17,24,27-29,33-36,38,42,47,64,68,70,72,77H,8-9,12-13,15-16,18-23,25-26H2,1-5H3,(H,58,73)(H,59,75)(H,60,74)(H,61,76)/t28-,29-,33-,34-,35-,36-,38-,42+,47+,56-/m0/s1. The van der Waals surface area contributed by atoms with Crippen LogP contribution in [0.5, 0.6) is 17.2 Å². The second-order valence-corrected chi connectivity index (χ2v) is 21.6. The minimum absolute atomic E-state index is 0.0203. The molecular formula is C56H69N7O17. The van der Waals surface area contributed by atoms with Gasteiger partial charge in [0.2, 0.25) is 41.2 Å². The van der Waals surface area contributed by atoms with Crippen molar-refractivity contribution in [2.24, 2.45) is 5.92 Å². The van der Waals surface area contributed by atoms with Gasteiger partial charge in [0.1, 0.15) is 59.7 Å². The SMILES string of the molecule is COc1cccc2c1C(=O)c1c(O)c3c(c(O)c1C2=O)C[C@@](O)(C(=O)CO)C[C@@H]3O[C@@H]1C[C@H](NC(=O)[C@H](CC(C)C)NC(=O)[C@@H]2CCCN2C(=O)CNC(=O)[C@H](C)NC(=O)[C@@H]2CCCN2C(=O)CCc2cccnc2)[C@H](O)[C@H](C)O1. The lowest BCUT2D eigenvalue weighted by molar-refractivity contribution is -0.249. The van der Waals surface area contributed by atoms with Crippen molar-refractivity contribution in [3.63, 3.8) is 0 Å². The van der Waals surface area contributed by atoms with Gasteiger partial charge in [-0.2, -0.15) is 0 Å². The molecular weight excluding hydrogens is 1040 g/mol. The van der Waals surface area contributed by atoms with Gasteiger partial charge in [0.15, 0.2) is 17.9 Å². The van der Waals surface area contributed by atoms with Crippen molar-refractivity contribution in [1.82, 2.24) is 36.1 Å². The Morgan fingerprint density at radius 2 is 1.55 bits per heavy atom. The van der Waals surface area contributed by atoms with Crippen LogP contribution in [-0.4, -0.2) is 181 Å². The number of ether oxygens (including phenoxy) is 3. The molecule has 3 aromatic rings. The number of rotatable bonds is 19. The number of aromatic nitrogens is 1. The first-order chi connectivity index (χ1) is 38.1. The number of Topliss-reactive ketones (excluding diaryl/α,β-unsaturated/α-hetero) is 1. The molecule has 6 amide bonds. The lowest BCUT2D eigenvalue weighted by Crippen LogP contribution is -2.60. The number of methoxy groups -OCH3 is 1. The number of carbonyl (C=O) groups excluding carboxylic acids is 9. The van der Waals surface area contributed by atoms with Crippen LogP contribution < -0.4 is 26.0 Å². The fourth-order valence-electron chi connectivity index (χ4n) is 11.5. The largest absolute Gasteiger partial charge is 0.507 e. The fraction of sp³-hybridized carbons (Fsp3) is 0.536. The molecule has 80 heavy (non-hydrogen) atoms. The number of nitrogens with one attached hydrogen (secondary N) is 4. The van der Waals surface area contributed by atoms with E-state index in [0.29, 0.717) is 32.2 Å². The Morgan fingerprint density at radius 3 is 2.20 bits per heavy atom. The second-order valence-electron chi connectivity index (χ2n) is 21.6. The summed E-state index contributed by atoms with van der Waals surface area (Å²) < 4.78 is 17.7. The number of aromatic hydroxyl groups is 2. The number of nitrogens with zero attached hydrogens (tertiary/aromatic N) is 3. The lowest BCUT2D eigenvalue weighted by Gasteiger charge is -2.43. The zero-order valence-electron chi connectivity index (χ0n) is 45.2. The van der Waals surface area contributed by atoms with Crippen LogP contribution in [0.4, 0.5) is 0 Å². The third kappa shape index (κ3) is 12.0. The lowest BCUT2D eigenvalue weighted by atomic mass is 9.72. The molecule has 0 radical (unpaired) electrons. The number of pyridine rings is 1. The molecule has 3 fully saturated rings. The highest BCUT2D eigenvalue weighted by atomic mass is 16.7. The Morgan fingerprint density at radius 1 is 0.875 bits per heavy atom. The summed E-state index contributed by atoms with van der Waals surface area (Å²) in [4.78, 5) is 130. The predicted octanol–water partition coefficient (Wildman–Crippen LogP) is 0.320. The molecule has 24 heteroatoms. The van der Waals surface area contributed by atoms with Crippen molar-refractivity contribution < 1.29 is 82.9 Å². The molecule has 10 atom stereocenters. The van der Waals surface area contributed by atoms with Crippen molar-refractivity contribution in [2.75, 3.05) is 33.4 Å². The van der Waals surface area contributed by atoms with E-state index >= 15 is 0 Å². The number of benzene rings is 2. The van der Waals surface area contributed by atoms with Crippen LogP contribution in [0, 0.1) is 5.92 Å². The Bertz CT molecular complexity index is 2940. The van der Waals surface area contributed by atoms with Crippen LogP contribution >= 0.6 is 0 Å². The topological polar surface area (TPSA) is 350 Å². The van der Waals surface area contributed by atoms with Crippen molar-refractivity contribution in [2.45, 2.75) is 152 Å². The van der Waals surface area contributed by atoms with Gasteiger partial charge in [0.05, 0.1) is 48.6 Å². The second kappa shape index (κ2) is 24.5. The van der Waals surface area contributed by atoms with Gasteiger partial charge < -0.3 is 70.8 Å². The quantitative estimate of drug-likeness (QED) is 0.0571. The predicted molar refractivity (Wildman–Crippen MR) is 280 cm³/mol. The summed E-state index contributed by atoms with van der Waals surface area (Å²) >= 11 is 0. The van der Waals surface area contributed by atoms with E-state index in [2.05, 4.69) is 26.3 Å². The van der Waals surface area contributed by atoms with Gasteiger partial charge in [-0.1, -0.05) is 32.0 Å². The Labute approximate surface area is 460 Å². The van der Waals surface area contributed by atoms with Gasteiger partial charge in [-0.15, -0.1) is 0 Å². The minimum atomic E-state index is -2.43. The van der Waals surface area contributed by atoms with Crippen LogP contribution in [-0.2, 0) is 55.9 Å². The van der Waals surface area contributed by atoms with E-state index in [1.807, 2.05) is 19.9 Å². The van der Waals surface area contributed by atoms with Crippen LogP contribution in [0.25, 0.3) is 0 Å². The normalized spacial score (nSPS) is 24.9. The molecule has 9 N–H and O–H groups in total. The van der Waals surface area contributed by atoms with Gasteiger partial charge in [0, 0.05) is 67.9 Å². The average Bonchev–Trinajstić information content (AvgIpc) is 4.08. The molecule has 5 aliphatic rings. The molecule has 0 saturated carbocycles. The van der Waals surface area contributed by atoms with E-state index in [-0.39, 0.29) is 72.1 Å². The number of ketones is 3. The van der Waals surface area contributed by atoms with E-state index in [9.17, 15) is 68.7 Å². The highest BCUT2D eigenvalue weighted by molar-refractivity contribution is 6.31. The number of aryl methyl sites for hydroxylation is 1. The van der Waals surface area contributed by atoms with Crippen molar-refractivity contribution in [1.29, 1.82) is 0 Å². The number of hydrogen-bond acceptors (Lipinski definition) is 18. The zero-order chi connectivity index (χ0) is 57.9. The molecule has 1 aromatic heterocycles. The Hall–Kier alpha value is -7.38. The number of carbonyl (C=O) groups is 9. The first kappa shape index (κ1) is 58.8. The third-order valence-electron chi connectivity index (χ3n) is 15.7. The molecule has 3 aliphatic heterocycles. The smallest absolute Gasteiger partial charge is 0.243 e. The first-order valence-electron chi connectivity index (χ1n) is 27.0. The molecule has 4 heterocycles. The Balaban J connectivity index is 0.905. The number of fused-ring (bicyclic) bond motifs is 3. The number of likely N-dealkylation sites (tertiary alicyclic amines) is 2. The van der Waals surface area contributed by atoms with E-state index in [4.69, 9.17) is 14.2 Å². The van der Waals surface area contributed by atoms with Gasteiger partial charge in [-0.25, -0.2) is 0 Å². The van der Waals surface area contributed by atoms with Crippen LogP contribution in [0.15, 0.2) is 42.7 Å². The summed E-state index contributed by atoms with van der Waals surface area (Å²) in [5.41, 5.74) is -3.57. The molecule has 430 valence electrons. The van der Waals surface area contributed by atoms with Crippen molar-refractivity contribution >= 4 is 52.8 Å². The summed E-state index contributed by atoms with van der Waals surface area (Å²) in [7, 11) is 1.28. The number of phenols is 2. The van der Waals surface area contributed by atoms with Gasteiger partial charge >= 0.3 is 0 Å². The molecule has 24 nitrogen and oxygen atoms in total. The third-order valence-corrected chi connectivity index (χ3v) is 15.7. The minimum Gasteiger partial charge on any atom is -0.507 e. The number of phenolic OH excluding ortho intramolecular Hbond substituents is 2. The number of amides is 6. The van der Waals surface area contributed by atoms with Crippen LogP contribution in [0.3, 0.4) is 0 Å². The molecule has 8 rings (SSSR count). The number of aliphatic hydroxyl groups excluding tert-OH is 2. The van der Waals surface area contributed by atoms with E-state index < -0.39 is 156 Å². The highest BCUT2D eigenvalue weighted by Crippen LogP contribution is 2.52. The summed E-state index contributed by atoms with van der Waals surface area (Å²) in [6, 6.07) is 2.71. The van der Waals surface area contributed by atoms with Crippen molar-refractivity contribution in [3.8, 4) is 17.2 Å².